The summed E-state index contributed by atoms with van der Waals surface area (Å²) in [6.07, 6.45) is 6.02. The zero-order chi connectivity index (χ0) is 12.4. The van der Waals surface area contributed by atoms with Gasteiger partial charge in [0.05, 0.1) is 7.11 Å². The number of aldehydes is 1. The molecule has 0 fully saturated rings. The molecule has 0 aromatic heterocycles. The van der Waals surface area contributed by atoms with Gasteiger partial charge in [-0.3, -0.25) is 9.63 Å². The van der Waals surface area contributed by atoms with Crippen LogP contribution < -0.4 is 0 Å². The monoisotopic (exact) mass is 229 g/mol. The highest BCUT2D eigenvalue weighted by molar-refractivity contribution is 5.77. The first-order valence-corrected chi connectivity index (χ1v) is 5.92. The number of hydrogen-bond acceptors (Lipinski definition) is 3. The lowest BCUT2D eigenvalue weighted by molar-refractivity contribution is -0.174. The van der Waals surface area contributed by atoms with Crippen LogP contribution in [0.25, 0.3) is 0 Å². The van der Waals surface area contributed by atoms with Crippen molar-refractivity contribution in [2.45, 2.75) is 45.4 Å². The van der Waals surface area contributed by atoms with Gasteiger partial charge in [-0.1, -0.05) is 19.8 Å². The fraction of sp³-hybridized carbons (Fsp3) is 0.833. The molecule has 0 bridgehead atoms. The lowest BCUT2D eigenvalue weighted by atomic mass is 9.95. The van der Waals surface area contributed by atoms with Crippen molar-refractivity contribution in [2.75, 3.05) is 14.2 Å². The van der Waals surface area contributed by atoms with Crippen LogP contribution in [0.4, 0.5) is 0 Å². The molecule has 0 saturated carbocycles. The molecule has 4 heteroatoms. The molecule has 94 valence electrons. The van der Waals surface area contributed by atoms with Gasteiger partial charge < -0.3 is 4.79 Å². The van der Waals surface area contributed by atoms with Crippen molar-refractivity contribution in [1.82, 2.24) is 5.06 Å². The van der Waals surface area contributed by atoms with Crippen LogP contribution in [0.5, 0.6) is 0 Å². The Balaban J connectivity index is 4.04. The van der Waals surface area contributed by atoms with Crippen LogP contribution in [-0.2, 0) is 14.4 Å². The third-order valence-electron chi connectivity index (χ3n) is 2.70. The lowest BCUT2D eigenvalue weighted by Gasteiger charge is -2.21. The summed E-state index contributed by atoms with van der Waals surface area (Å²) in [5.74, 6) is 0.0667. The van der Waals surface area contributed by atoms with E-state index in [4.69, 9.17) is 4.84 Å². The molecule has 0 rings (SSSR count). The maximum absolute atomic E-state index is 11.9. The van der Waals surface area contributed by atoms with E-state index in [9.17, 15) is 9.59 Å². The summed E-state index contributed by atoms with van der Waals surface area (Å²) >= 11 is 0. The van der Waals surface area contributed by atoms with Crippen molar-refractivity contribution in [3.63, 3.8) is 0 Å². The topological polar surface area (TPSA) is 46.6 Å². The molecule has 0 N–H and O–H groups in total. The molecule has 1 amide bonds. The zero-order valence-corrected chi connectivity index (χ0v) is 10.6. The van der Waals surface area contributed by atoms with Crippen LogP contribution in [0.1, 0.15) is 45.4 Å². The number of hydroxylamine groups is 2. The van der Waals surface area contributed by atoms with Crippen molar-refractivity contribution < 1.29 is 14.4 Å². The highest BCUT2D eigenvalue weighted by atomic mass is 16.7. The van der Waals surface area contributed by atoms with Gasteiger partial charge >= 0.3 is 0 Å². The van der Waals surface area contributed by atoms with Crippen molar-refractivity contribution in [3.05, 3.63) is 0 Å². The zero-order valence-electron chi connectivity index (χ0n) is 10.6. The van der Waals surface area contributed by atoms with E-state index in [1.165, 1.54) is 12.2 Å². The molecule has 4 nitrogen and oxygen atoms in total. The Morgan fingerprint density at radius 3 is 2.56 bits per heavy atom. The average molecular weight is 229 g/mol. The van der Waals surface area contributed by atoms with E-state index in [-0.39, 0.29) is 11.8 Å². The number of amides is 1. The average Bonchev–Trinajstić information content (AvgIpc) is 2.31. The summed E-state index contributed by atoms with van der Waals surface area (Å²) in [6.45, 7) is 2.07. The Morgan fingerprint density at radius 2 is 2.06 bits per heavy atom. The number of carbonyl (C=O) groups excluding carboxylic acids is 2. The molecule has 1 unspecified atom stereocenters. The molecule has 0 aliphatic heterocycles. The molecule has 0 aliphatic rings. The highest BCUT2D eigenvalue weighted by Gasteiger charge is 2.20. The SMILES string of the molecule is CCCC(CCCCC=O)C(=O)N(C)OC. The maximum atomic E-state index is 11.9. The smallest absolute Gasteiger partial charge is 0.248 e. The summed E-state index contributed by atoms with van der Waals surface area (Å²) in [5, 5.41) is 1.29. The molecule has 1 atom stereocenters. The molecule has 0 aliphatic carbocycles. The van der Waals surface area contributed by atoms with Gasteiger partial charge in [0.1, 0.15) is 6.29 Å². The first-order chi connectivity index (χ1) is 7.67. The maximum Gasteiger partial charge on any atom is 0.248 e. The summed E-state index contributed by atoms with van der Waals surface area (Å²) in [7, 11) is 3.13. The van der Waals surface area contributed by atoms with E-state index >= 15 is 0 Å². The summed E-state index contributed by atoms with van der Waals surface area (Å²) < 4.78 is 0. The summed E-state index contributed by atoms with van der Waals surface area (Å²) in [6, 6.07) is 0. The van der Waals surface area contributed by atoms with Gasteiger partial charge in [-0.15, -0.1) is 0 Å². The van der Waals surface area contributed by atoms with E-state index in [0.29, 0.717) is 6.42 Å². The van der Waals surface area contributed by atoms with E-state index < -0.39 is 0 Å². The van der Waals surface area contributed by atoms with Crippen molar-refractivity contribution in [2.24, 2.45) is 5.92 Å². The number of unbranched alkanes of at least 4 members (excludes halogenated alkanes) is 2. The molecule has 0 spiro atoms. The first kappa shape index (κ1) is 15.1. The molecule has 16 heavy (non-hydrogen) atoms. The van der Waals surface area contributed by atoms with Gasteiger partial charge in [0.2, 0.25) is 5.91 Å². The standard InChI is InChI=1S/C12H23NO3/c1-4-8-11(9-6-5-7-10-14)12(15)13(2)16-3/h10-11H,4-9H2,1-3H3. The van der Waals surface area contributed by atoms with Gasteiger partial charge in [-0.05, 0) is 19.3 Å². The minimum atomic E-state index is 0.0293. The highest BCUT2D eigenvalue weighted by Crippen LogP contribution is 2.17. The van der Waals surface area contributed by atoms with Crippen LogP contribution in [0.15, 0.2) is 0 Å². The number of rotatable bonds is 9. The number of hydrogen-bond donors (Lipinski definition) is 0. The van der Waals surface area contributed by atoms with Crippen LogP contribution >= 0.6 is 0 Å². The predicted molar refractivity (Wildman–Crippen MR) is 62.7 cm³/mol. The molecular weight excluding hydrogens is 206 g/mol. The van der Waals surface area contributed by atoms with Crippen molar-refractivity contribution in [1.29, 1.82) is 0 Å². The van der Waals surface area contributed by atoms with E-state index in [2.05, 4.69) is 6.92 Å². The second kappa shape index (κ2) is 9.33. The van der Waals surface area contributed by atoms with Crippen LogP contribution in [-0.4, -0.2) is 31.4 Å². The Hall–Kier alpha value is -0.900. The van der Waals surface area contributed by atoms with Crippen molar-refractivity contribution >= 4 is 12.2 Å². The van der Waals surface area contributed by atoms with Gasteiger partial charge in [0, 0.05) is 19.4 Å². The lowest BCUT2D eigenvalue weighted by Crippen LogP contribution is -2.32. The number of carbonyl (C=O) groups is 2. The molecule has 0 radical (unpaired) electrons. The van der Waals surface area contributed by atoms with Crippen LogP contribution in [0, 0.1) is 5.92 Å². The van der Waals surface area contributed by atoms with Gasteiger partial charge in [0.15, 0.2) is 0 Å². The van der Waals surface area contributed by atoms with Gasteiger partial charge in [-0.25, -0.2) is 5.06 Å². The Kier molecular flexibility index (Phi) is 8.81. The fourth-order valence-electron chi connectivity index (χ4n) is 1.71. The molecule has 0 heterocycles. The van der Waals surface area contributed by atoms with E-state index in [1.807, 2.05) is 0 Å². The first-order valence-electron chi connectivity index (χ1n) is 5.92. The van der Waals surface area contributed by atoms with E-state index in [0.717, 1.165) is 38.4 Å². The third kappa shape index (κ3) is 5.85. The van der Waals surface area contributed by atoms with Crippen molar-refractivity contribution in [3.8, 4) is 0 Å². The van der Waals surface area contributed by atoms with E-state index in [1.54, 1.807) is 7.05 Å². The second-order valence-corrected chi connectivity index (χ2v) is 3.96. The number of nitrogens with zero attached hydrogens (tertiary/aromatic N) is 1. The van der Waals surface area contributed by atoms with Crippen LogP contribution in [0.3, 0.4) is 0 Å². The minimum Gasteiger partial charge on any atom is -0.303 e. The van der Waals surface area contributed by atoms with Gasteiger partial charge in [0.25, 0.3) is 0 Å². The van der Waals surface area contributed by atoms with Crippen LogP contribution in [0.2, 0.25) is 0 Å². The largest absolute Gasteiger partial charge is 0.303 e. The molecular formula is C12H23NO3. The molecule has 0 aromatic carbocycles. The molecule has 0 aromatic rings. The summed E-state index contributed by atoms with van der Waals surface area (Å²) in [5.41, 5.74) is 0. The Morgan fingerprint density at radius 1 is 1.38 bits per heavy atom. The van der Waals surface area contributed by atoms with Gasteiger partial charge in [-0.2, -0.15) is 0 Å². The quantitative estimate of drug-likeness (QED) is 0.346. The Labute approximate surface area is 97.9 Å². The second-order valence-electron chi connectivity index (χ2n) is 3.96. The third-order valence-corrected chi connectivity index (χ3v) is 2.70. The predicted octanol–water partition coefficient (Wildman–Crippen LogP) is 2.18. The fourth-order valence-corrected chi connectivity index (χ4v) is 1.71. The normalized spacial score (nSPS) is 12.2. The molecule has 0 saturated heterocycles. The minimum absolute atomic E-state index is 0.0293. The summed E-state index contributed by atoms with van der Waals surface area (Å²) in [4.78, 5) is 26.9. The Bertz CT molecular complexity index is 206.